The minimum absolute atomic E-state index is 0.387. The highest BCUT2D eigenvalue weighted by molar-refractivity contribution is 5.47. The number of unbranched alkanes of at least 4 members (excludes halogenated alkanes) is 2. The Kier molecular flexibility index (Phi) is 6.36. The van der Waals surface area contributed by atoms with Crippen molar-refractivity contribution in [2.75, 3.05) is 12.3 Å². The third kappa shape index (κ3) is 6.11. The predicted octanol–water partition coefficient (Wildman–Crippen LogP) is 4.27. The fourth-order valence-corrected chi connectivity index (χ4v) is 2.33. The van der Waals surface area contributed by atoms with E-state index in [0.717, 1.165) is 18.8 Å². The first-order valence-corrected chi connectivity index (χ1v) is 7.50. The van der Waals surface area contributed by atoms with E-state index in [1.54, 1.807) is 0 Å². The molecular formula is C17H30N2. The lowest BCUT2D eigenvalue weighted by Crippen LogP contribution is -2.29. The summed E-state index contributed by atoms with van der Waals surface area (Å²) in [7, 11) is 0. The van der Waals surface area contributed by atoms with Crippen LogP contribution in [0.4, 0.5) is 5.69 Å². The molecule has 0 aromatic heterocycles. The first kappa shape index (κ1) is 16.0. The summed E-state index contributed by atoms with van der Waals surface area (Å²) in [5, 5.41) is 3.57. The molecule has 1 aromatic carbocycles. The standard InChI is InChI=1S/C17H30N2/c1-5-6-7-10-17(3,4)13-19-12-15-8-9-16(18)14(2)11-15/h8-9,11,19H,5-7,10,12-13,18H2,1-4H3. The Morgan fingerprint density at radius 3 is 2.58 bits per heavy atom. The van der Waals surface area contributed by atoms with E-state index in [1.807, 2.05) is 6.07 Å². The van der Waals surface area contributed by atoms with Gasteiger partial charge >= 0.3 is 0 Å². The number of benzene rings is 1. The number of anilines is 1. The number of nitrogen functional groups attached to an aromatic ring is 1. The monoisotopic (exact) mass is 262 g/mol. The molecule has 0 aliphatic carbocycles. The first-order chi connectivity index (χ1) is 8.94. The molecule has 2 nitrogen and oxygen atoms in total. The van der Waals surface area contributed by atoms with Crippen molar-refractivity contribution in [2.24, 2.45) is 5.41 Å². The van der Waals surface area contributed by atoms with Crippen LogP contribution in [0.1, 0.15) is 57.6 Å². The van der Waals surface area contributed by atoms with Crippen molar-refractivity contribution in [3.63, 3.8) is 0 Å². The summed E-state index contributed by atoms with van der Waals surface area (Å²) < 4.78 is 0. The van der Waals surface area contributed by atoms with Crippen molar-refractivity contribution >= 4 is 5.69 Å². The molecule has 0 bridgehead atoms. The molecule has 1 aromatic rings. The molecule has 0 amide bonds. The number of nitrogens with two attached hydrogens (primary N) is 1. The van der Waals surface area contributed by atoms with Gasteiger partial charge in [0.25, 0.3) is 0 Å². The van der Waals surface area contributed by atoms with Gasteiger partial charge in [-0.2, -0.15) is 0 Å². The van der Waals surface area contributed by atoms with Crippen molar-refractivity contribution in [1.29, 1.82) is 0 Å². The van der Waals surface area contributed by atoms with E-state index in [1.165, 1.54) is 36.8 Å². The Labute approximate surface area is 118 Å². The molecule has 0 fully saturated rings. The maximum Gasteiger partial charge on any atom is 0.0343 e. The second-order valence-electron chi connectivity index (χ2n) is 6.42. The zero-order valence-corrected chi connectivity index (χ0v) is 13.1. The fraction of sp³-hybridized carbons (Fsp3) is 0.647. The number of nitrogens with one attached hydrogen (secondary N) is 1. The van der Waals surface area contributed by atoms with E-state index in [4.69, 9.17) is 5.73 Å². The molecule has 0 atom stereocenters. The van der Waals surface area contributed by atoms with Crippen LogP contribution in [0.25, 0.3) is 0 Å². The molecule has 3 N–H and O–H groups in total. The van der Waals surface area contributed by atoms with E-state index in [2.05, 4.69) is 45.1 Å². The molecular weight excluding hydrogens is 232 g/mol. The van der Waals surface area contributed by atoms with E-state index < -0.39 is 0 Å². The Morgan fingerprint density at radius 2 is 1.95 bits per heavy atom. The smallest absolute Gasteiger partial charge is 0.0343 e. The van der Waals surface area contributed by atoms with E-state index in [9.17, 15) is 0 Å². The first-order valence-electron chi connectivity index (χ1n) is 7.50. The van der Waals surface area contributed by atoms with Crippen LogP contribution in [0.15, 0.2) is 18.2 Å². The maximum absolute atomic E-state index is 5.83. The summed E-state index contributed by atoms with van der Waals surface area (Å²) in [4.78, 5) is 0. The average Bonchev–Trinajstić information content (AvgIpc) is 2.34. The number of aryl methyl sites for hydroxylation is 1. The largest absolute Gasteiger partial charge is 0.399 e. The highest BCUT2D eigenvalue weighted by Crippen LogP contribution is 2.23. The van der Waals surface area contributed by atoms with Crippen LogP contribution in [0.3, 0.4) is 0 Å². The van der Waals surface area contributed by atoms with E-state index in [-0.39, 0.29) is 0 Å². The molecule has 0 spiro atoms. The molecule has 0 aliphatic rings. The van der Waals surface area contributed by atoms with Crippen molar-refractivity contribution in [3.05, 3.63) is 29.3 Å². The summed E-state index contributed by atoms with van der Waals surface area (Å²) in [6.45, 7) is 11.0. The SMILES string of the molecule is CCCCCC(C)(C)CNCc1ccc(N)c(C)c1. The Bertz CT molecular complexity index is 383. The Morgan fingerprint density at radius 1 is 1.21 bits per heavy atom. The van der Waals surface area contributed by atoms with Crippen LogP contribution in [0.5, 0.6) is 0 Å². The molecule has 19 heavy (non-hydrogen) atoms. The predicted molar refractivity (Wildman–Crippen MR) is 85.2 cm³/mol. The van der Waals surface area contributed by atoms with Gasteiger partial charge in [0, 0.05) is 18.8 Å². The van der Waals surface area contributed by atoms with Gasteiger partial charge in [-0.15, -0.1) is 0 Å². The molecule has 0 radical (unpaired) electrons. The van der Waals surface area contributed by atoms with Gasteiger partial charge in [0.15, 0.2) is 0 Å². The van der Waals surface area contributed by atoms with Gasteiger partial charge in [-0.1, -0.05) is 52.2 Å². The Balaban J connectivity index is 2.34. The molecule has 0 unspecified atom stereocenters. The van der Waals surface area contributed by atoms with Gasteiger partial charge in [0.2, 0.25) is 0 Å². The summed E-state index contributed by atoms with van der Waals surface area (Å²) in [6, 6.07) is 6.28. The molecule has 108 valence electrons. The molecule has 0 saturated heterocycles. The lowest BCUT2D eigenvalue weighted by molar-refractivity contribution is 0.302. The highest BCUT2D eigenvalue weighted by Gasteiger charge is 2.16. The second-order valence-corrected chi connectivity index (χ2v) is 6.42. The van der Waals surface area contributed by atoms with Gasteiger partial charge in [-0.3, -0.25) is 0 Å². The van der Waals surface area contributed by atoms with Crippen molar-refractivity contribution < 1.29 is 0 Å². The van der Waals surface area contributed by atoms with Crippen LogP contribution in [0.2, 0.25) is 0 Å². The van der Waals surface area contributed by atoms with Gasteiger partial charge in [-0.25, -0.2) is 0 Å². The van der Waals surface area contributed by atoms with Crippen LogP contribution in [-0.4, -0.2) is 6.54 Å². The second kappa shape index (κ2) is 7.54. The van der Waals surface area contributed by atoms with Crippen LogP contribution in [0, 0.1) is 12.3 Å². The lowest BCUT2D eigenvalue weighted by Gasteiger charge is -2.25. The van der Waals surface area contributed by atoms with Gasteiger partial charge in [-0.05, 0) is 36.0 Å². The summed E-state index contributed by atoms with van der Waals surface area (Å²) in [5.74, 6) is 0. The minimum Gasteiger partial charge on any atom is -0.399 e. The highest BCUT2D eigenvalue weighted by atomic mass is 14.9. The summed E-state index contributed by atoms with van der Waals surface area (Å²) in [6.07, 6.45) is 5.29. The van der Waals surface area contributed by atoms with E-state index >= 15 is 0 Å². The van der Waals surface area contributed by atoms with Gasteiger partial charge in [0.05, 0.1) is 0 Å². The molecule has 0 heterocycles. The zero-order chi connectivity index (χ0) is 14.3. The van der Waals surface area contributed by atoms with Crippen molar-refractivity contribution in [3.8, 4) is 0 Å². The Hall–Kier alpha value is -1.02. The maximum atomic E-state index is 5.83. The lowest BCUT2D eigenvalue weighted by atomic mass is 9.87. The average molecular weight is 262 g/mol. The van der Waals surface area contributed by atoms with Gasteiger partial charge < -0.3 is 11.1 Å². The topological polar surface area (TPSA) is 38.0 Å². The molecule has 2 heteroatoms. The van der Waals surface area contributed by atoms with Gasteiger partial charge in [0.1, 0.15) is 0 Å². The third-order valence-corrected chi connectivity index (χ3v) is 3.72. The van der Waals surface area contributed by atoms with Crippen LogP contribution >= 0.6 is 0 Å². The summed E-state index contributed by atoms with van der Waals surface area (Å²) >= 11 is 0. The van der Waals surface area contributed by atoms with Crippen molar-refractivity contribution in [2.45, 2.75) is 59.9 Å². The normalized spacial score (nSPS) is 11.8. The fourth-order valence-electron chi connectivity index (χ4n) is 2.33. The van der Waals surface area contributed by atoms with Crippen LogP contribution in [-0.2, 0) is 6.54 Å². The minimum atomic E-state index is 0.387. The number of rotatable bonds is 8. The summed E-state index contributed by atoms with van der Waals surface area (Å²) in [5.41, 5.74) is 9.58. The molecule has 1 rings (SSSR count). The molecule has 0 aliphatic heterocycles. The molecule has 0 saturated carbocycles. The third-order valence-electron chi connectivity index (χ3n) is 3.72. The van der Waals surface area contributed by atoms with Crippen LogP contribution < -0.4 is 11.1 Å². The zero-order valence-electron chi connectivity index (χ0n) is 13.1. The number of hydrogen-bond acceptors (Lipinski definition) is 2. The van der Waals surface area contributed by atoms with E-state index in [0.29, 0.717) is 5.41 Å². The van der Waals surface area contributed by atoms with Crippen molar-refractivity contribution in [1.82, 2.24) is 5.32 Å². The quantitative estimate of drug-likeness (QED) is 0.542. The number of hydrogen-bond donors (Lipinski definition) is 2.